The van der Waals surface area contributed by atoms with E-state index < -0.39 is 5.82 Å². The monoisotopic (exact) mass is 301 g/mol. The predicted octanol–water partition coefficient (Wildman–Crippen LogP) is 4.37. The Morgan fingerprint density at radius 1 is 1.24 bits per heavy atom. The lowest BCUT2D eigenvalue weighted by Crippen LogP contribution is -2.09. The number of aryl methyl sites for hydroxylation is 2. The van der Waals surface area contributed by atoms with E-state index in [4.69, 9.17) is 11.6 Å². The highest BCUT2D eigenvalue weighted by Gasteiger charge is 2.16. The summed E-state index contributed by atoms with van der Waals surface area (Å²) < 4.78 is 13.1. The second kappa shape index (κ2) is 5.71. The van der Waals surface area contributed by atoms with E-state index in [-0.39, 0.29) is 5.02 Å². The lowest BCUT2D eigenvalue weighted by atomic mass is 9.95. The van der Waals surface area contributed by atoms with Gasteiger partial charge in [0, 0.05) is 5.69 Å². The van der Waals surface area contributed by atoms with Gasteiger partial charge < -0.3 is 5.32 Å². The summed E-state index contributed by atoms with van der Waals surface area (Å²) in [6.45, 7) is 0. The van der Waals surface area contributed by atoms with E-state index in [1.54, 1.807) is 6.07 Å². The summed E-state index contributed by atoms with van der Waals surface area (Å²) >= 11 is 6.01. The van der Waals surface area contributed by atoms with Gasteiger partial charge in [-0.15, -0.1) is 0 Å². The van der Waals surface area contributed by atoms with E-state index in [2.05, 4.69) is 16.4 Å². The van der Waals surface area contributed by atoms with Crippen molar-refractivity contribution in [3.8, 4) is 6.07 Å². The molecule has 106 valence electrons. The van der Waals surface area contributed by atoms with Crippen LogP contribution >= 0.6 is 11.6 Å². The van der Waals surface area contributed by atoms with Crippen molar-refractivity contribution in [1.82, 2.24) is 4.98 Å². The summed E-state index contributed by atoms with van der Waals surface area (Å²) in [7, 11) is 0. The van der Waals surface area contributed by atoms with Gasteiger partial charge in [0.1, 0.15) is 17.7 Å². The SMILES string of the molecule is N#Cc1cc2c(nc1Nc1ccc(F)cc1Cl)CCCC2. The maximum absolute atomic E-state index is 13.1. The Balaban J connectivity index is 1.99. The first-order chi connectivity index (χ1) is 10.2. The largest absolute Gasteiger partial charge is 0.338 e. The number of fused-ring (bicyclic) bond motifs is 1. The Hall–Kier alpha value is -2.12. The quantitative estimate of drug-likeness (QED) is 0.896. The first-order valence-electron chi connectivity index (χ1n) is 6.82. The molecule has 1 aliphatic carbocycles. The summed E-state index contributed by atoms with van der Waals surface area (Å²) in [6.07, 6.45) is 4.14. The van der Waals surface area contributed by atoms with Crippen LogP contribution in [-0.2, 0) is 12.8 Å². The van der Waals surface area contributed by atoms with Gasteiger partial charge in [0.2, 0.25) is 0 Å². The van der Waals surface area contributed by atoms with Crippen LogP contribution in [0.3, 0.4) is 0 Å². The van der Waals surface area contributed by atoms with Gasteiger partial charge in [-0.05, 0) is 55.5 Å². The summed E-state index contributed by atoms with van der Waals surface area (Å²) in [5.41, 5.74) is 3.20. The number of halogens is 2. The van der Waals surface area contributed by atoms with Crippen molar-refractivity contribution in [2.45, 2.75) is 25.7 Å². The number of hydrogen-bond donors (Lipinski definition) is 1. The van der Waals surface area contributed by atoms with Crippen molar-refractivity contribution < 1.29 is 4.39 Å². The summed E-state index contributed by atoms with van der Waals surface area (Å²) in [5, 5.41) is 12.6. The number of hydrogen-bond acceptors (Lipinski definition) is 3. The highest BCUT2D eigenvalue weighted by molar-refractivity contribution is 6.33. The molecule has 0 aliphatic heterocycles. The molecule has 1 aliphatic rings. The molecule has 2 aromatic rings. The average molecular weight is 302 g/mol. The molecule has 21 heavy (non-hydrogen) atoms. The molecule has 1 aromatic carbocycles. The normalized spacial score (nSPS) is 13.4. The summed E-state index contributed by atoms with van der Waals surface area (Å²) in [4.78, 5) is 4.56. The highest BCUT2D eigenvalue weighted by Crippen LogP contribution is 2.29. The fourth-order valence-electron chi connectivity index (χ4n) is 2.53. The lowest BCUT2D eigenvalue weighted by Gasteiger charge is -2.17. The first-order valence-corrected chi connectivity index (χ1v) is 7.20. The van der Waals surface area contributed by atoms with E-state index in [1.165, 1.54) is 12.1 Å². The van der Waals surface area contributed by atoms with Gasteiger partial charge in [-0.2, -0.15) is 5.26 Å². The van der Waals surface area contributed by atoms with Gasteiger partial charge in [0.25, 0.3) is 0 Å². The zero-order chi connectivity index (χ0) is 14.8. The molecule has 0 radical (unpaired) electrons. The number of nitrogens with zero attached hydrogens (tertiary/aromatic N) is 2. The van der Waals surface area contributed by atoms with Gasteiger partial charge in [-0.25, -0.2) is 9.37 Å². The summed E-state index contributed by atoms with van der Waals surface area (Å²) in [6, 6.07) is 8.14. The Morgan fingerprint density at radius 2 is 2.05 bits per heavy atom. The minimum absolute atomic E-state index is 0.262. The van der Waals surface area contributed by atoms with Gasteiger partial charge in [0.05, 0.1) is 16.3 Å². The third-order valence-electron chi connectivity index (χ3n) is 3.61. The minimum Gasteiger partial charge on any atom is -0.338 e. The minimum atomic E-state index is -0.399. The first kappa shape index (κ1) is 13.8. The van der Waals surface area contributed by atoms with E-state index in [0.717, 1.165) is 36.9 Å². The van der Waals surface area contributed by atoms with Crippen molar-refractivity contribution >= 4 is 23.1 Å². The second-order valence-corrected chi connectivity index (χ2v) is 5.47. The van der Waals surface area contributed by atoms with Crippen LogP contribution in [0.5, 0.6) is 0 Å². The summed E-state index contributed by atoms with van der Waals surface area (Å²) in [5.74, 6) is 0.0797. The van der Waals surface area contributed by atoms with Crippen molar-refractivity contribution in [3.05, 3.63) is 51.9 Å². The zero-order valence-corrected chi connectivity index (χ0v) is 12.0. The molecule has 0 amide bonds. The van der Waals surface area contributed by atoms with Crippen molar-refractivity contribution in [2.24, 2.45) is 0 Å². The number of nitriles is 1. The average Bonchev–Trinajstić information content (AvgIpc) is 2.49. The third kappa shape index (κ3) is 2.84. The number of pyridine rings is 1. The Kier molecular flexibility index (Phi) is 3.76. The van der Waals surface area contributed by atoms with Crippen LogP contribution in [0.4, 0.5) is 15.9 Å². The Labute approximate surface area is 127 Å². The fourth-order valence-corrected chi connectivity index (χ4v) is 2.75. The van der Waals surface area contributed by atoms with E-state index in [0.29, 0.717) is 17.1 Å². The molecule has 0 bridgehead atoms. The predicted molar refractivity (Wildman–Crippen MR) is 80.3 cm³/mol. The number of nitrogens with one attached hydrogen (secondary N) is 1. The van der Waals surface area contributed by atoms with E-state index >= 15 is 0 Å². The molecule has 0 saturated carbocycles. The van der Waals surface area contributed by atoms with Crippen LogP contribution in [0.2, 0.25) is 5.02 Å². The molecule has 3 nitrogen and oxygen atoms in total. The van der Waals surface area contributed by atoms with Gasteiger partial charge in [-0.3, -0.25) is 0 Å². The van der Waals surface area contributed by atoms with Gasteiger partial charge in [-0.1, -0.05) is 11.6 Å². The molecular formula is C16H13ClFN3. The standard InChI is InChI=1S/C16H13ClFN3/c17-13-8-12(18)5-6-15(13)21-16-11(9-19)7-10-3-1-2-4-14(10)20-16/h5-8H,1-4H2,(H,20,21). The topological polar surface area (TPSA) is 48.7 Å². The fraction of sp³-hybridized carbons (Fsp3) is 0.250. The Bertz CT molecular complexity index is 737. The molecule has 3 rings (SSSR count). The molecule has 1 N–H and O–H groups in total. The van der Waals surface area contributed by atoms with Crippen LogP contribution < -0.4 is 5.32 Å². The molecule has 1 heterocycles. The second-order valence-electron chi connectivity index (χ2n) is 5.06. The maximum atomic E-state index is 13.1. The molecule has 0 unspecified atom stereocenters. The van der Waals surface area contributed by atoms with Crippen LogP contribution in [0.25, 0.3) is 0 Å². The molecule has 0 atom stereocenters. The molecular weight excluding hydrogens is 289 g/mol. The molecule has 0 fully saturated rings. The van der Waals surface area contributed by atoms with Crippen molar-refractivity contribution in [2.75, 3.05) is 5.32 Å². The number of benzene rings is 1. The van der Waals surface area contributed by atoms with Crippen LogP contribution in [-0.4, -0.2) is 4.98 Å². The lowest BCUT2D eigenvalue weighted by molar-refractivity contribution is 0.628. The van der Waals surface area contributed by atoms with Crippen LogP contribution in [0.1, 0.15) is 29.7 Å². The van der Waals surface area contributed by atoms with Crippen molar-refractivity contribution in [3.63, 3.8) is 0 Å². The molecule has 1 aromatic heterocycles. The smallest absolute Gasteiger partial charge is 0.148 e. The number of aromatic nitrogens is 1. The van der Waals surface area contributed by atoms with E-state index in [9.17, 15) is 9.65 Å². The van der Waals surface area contributed by atoms with Gasteiger partial charge in [0.15, 0.2) is 0 Å². The maximum Gasteiger partial charge on any atom is 0.148 e. The van der Waals surface area contributed by atoms with E-state index in [1.807, 2.05) is 6.07 Å². The highest BCUT2D eigenvalue weighted by atomic mass is 35.5. The number of anilines is 2. The molecule has 5 heteroatoms. The molecule has 0 spiro atoms. The van der Waals surface area contributed by atoms with Crippen LogP contribution in [0, 0.1) is 17.1 Å². The zero-order valence-electron chi connectivity index (χ0n) is 11.3. The Morgan fingerprint density at radius 3 is 2.81 bits per heavy atom. The van der Waals surface area contributed by atoms with Crippen molar-refractivity contribution in [1.29, 1.82) is 5.26 Å². The number of rotatable bonds is 2. The molecule has 0 saturated heterocycles. The van der Waals surface area contributed by atoms with Crippen LogP contribution in [0.15, 0.2) is 24.3 Å². The third-order valence-corrected chi connectivity index (χ3v) is 3.92. The van der Waals surface area contributed by atoms with Gasteiger partial charge >= 0.3 is 0 Å².